The molecule has 0 aliphatic carbocycles. The van der Waals surface area contributed by atoms with Crippen LogP contribution in [0.5, 0.6) is 11.6 Å². The number of carboxylic acid groups (broad SMARTS) is 1. The number of hydrogen-bond acceptors (Lipinski definition) is 4. The van der Waals surface area contributed by atoms with Crippen molar-refractivity contribution in [2.24, 2.45) is 0 Å². The van der Waals surface area contributed by atoms with Crippen LogP contribution in [0.4, 0.5) is 17.6 Å². The minimum absolute atomic E-state index is 0.376. The number of aromatic carboxylic acids is 1. The molecule has 0 saturated carbocycles. The molecule has 100 valence electrons. The Kier molecular flexibility index (Phi) is 3.94. The summed E-state index contributed by atoms with van der Waals surface area (Å²) in [7, 11) is 0.958. The summed E-state index contributed by atoms with van der Waals surface area (Å²) in [5.74, 6) is -3.58. The third-order valence-electron chi connectivity index (χ3n) is 1.77. The van der Waals surface area contributed by atoms with Crippen LogP contribution in [0, 0.1) is 0 Å². The number of alkyl halides is 4. The van der Waals surface area contributed by atoms with Gasteiger partial charge in [-0.15, -0.1) is 13.2 Å². The predicted molar refractivity (Wildman–Crippen MR) is 49.2 cm³/mol. The molecule has 1 heterocycles. The van der Waals surface area contributed by atoms with Crippen LogP contribution in [0.15, 0.2) is 6.07 Å². The highest BCUT2D eigenvalue weighted by Crippen LogP contribution is 2.34. The van der Waals surface area contributed by atoms with E-state index < -0.39 is 36.2 Å². The van der Waals surface area contributed by atoms with Gasteiger partial charge in [-0.1, -0.05) is 0 Å². The molecule has 0 amide bonds. The number of rotatable bonds is 4. The van der Waals surface area contributed by atoms with Crippen LogP contribution in [0.1, 0.15) is 16.1 Å². The second-order valence-electron chi connectivity index (χ2n) is 2.99. The van der Waals surface area contributed by atoms with Gasteiger partial charge in [-0.05, 0) is 6.07 Å². The van der Waals surface area contributed by atoms with Crippen molar-refractivity contribution in [2.45, 2.75) is 13.0 Å². The van der Waals surface area contributed by atoms with Crippen LogP contribution < -0.4 is 9.47 Å². The van der Waals surface area contributed by atoms with E-state index in [0.717, 1.165) is 7.11 Å². The van der Waals surface area contributed by atoms with Gasteiger partial charge in [0.05, 0.1) is 12.8 Å². The Morgan fingerprint density at radius 3 is 2.50 bits per heavy atom. The summed E-state index contributed by atoms with van der Waals surface area (Å²) in [6.45, 7) is -1.15. The Bertz CT molecular complexity index is 461. The van der Waals surface area contributed by atoms with Gasteiger partial charge >= 0.3 is 12.3 Å². The lowest BCUT2D eigenvalue weighted by atomic mass is 10.2. The van der Waals surface area contributed by atoms with Crippen molar-refractivity contribution in [1.29, 1.82) is 0 Å². The maximum Gasteiger partial charge on any atom is 0.573 e. The zero-order chi connectivity index (χ0) is 13.9. The molecule has 0 aliphatic rings. The lowest BCUT2D eigenvalue weighted by Gasteiger charge is -2.14. The number of nitrogens with zero attached hydrogens (tertiary/aromatic N) is 1. The number of carboxylic acids is 1. The van der Waals surface area contributed by atoms with Crippen molar-refractivity contribution in [3.8, 4) is 11.6 Å². The van der Waals surface area contributed by atoms with Crippen LogP contribution in [-0.4, -0.2) is 29.5 Å². The Balaban J connectivity index is 3.39. The van der Waals surface area contributed by atoms with Crippen LogP contribution >= 0.6 is 0 Å². The van der Waals surface area contributed by atoms with Crippen molar-refractivity contribution in [2.75, 3.05) is 7.11 Å². The van der Waals surface area contributed by atoms with Crippen molar-refractivity contribution >= 4 is 5.97 Å². The predicted octanol–water partition coefficient (Wildman–Crippen LogP) is 2.16. The van der Waals surface area contributed by atoms with Crippen molar-refractivity contribution in [1.82, 2.24) is 4.98 Å². The Morgan fingerprint density at radius 2 is 2.11 bits per heavy atom. The quantitative estimate of drug-likeness (QED) is 0.848. The first-order valence-electron chi connectivity index (χ1n) is 4.41. The van der Waals surface area contributed by atoms with E-state index >= 15 is 0 Å². The highest BCUT2D eigenvalue weighted by atomic mass is 19.4. The molecule has 0 bridgehead atoms. The molecule has 0 aromatic carbocycles. The van der Waals surface area contributed by atoms with Crippen LogP contribution in [0.25, 0.3) is 0 Å². The normalized spacial score (nSPS) is 11.2. The van der Waals surface area contributed by atoms with E-state index in [-0.39, 0.29) is 5.69 Å². The maximum atomic E-state index is 12.4. The third-order valence-corrected chi connectivity index (χ3v) is 1.77. The highest BCUT2D eigenvalue weighted by molar-refractivity contribution is 5.91. The SMILES string of the molecule is COc1nc(CF)cc(C(=O)O)c1OC(F)(F)F. The lowest BCUT2D eigenvalue weighted by molar-refractivity contribution is -0.275. The molecular weight excluding hydrogens is 262 g/mol. The number of hydrogen-bond donors (Lipinski definition) is 1. The molecule has 0 atom stereocenters. The number of methoxy groups -OCH3 is 1. The monoisotopic (exact) mass is 269 g/mol. The summed E-state index contributed by atoms with van der Waals surface area (Å²) in [5.41, 5.74) is -1.26. The molecular formula is C9H7F4NO4. The molecule has 0 radical (unpaired) electrons. The van der Waals surface area contributed by atoms with Gasteiger partial charge in [-0.2, -0.15) is 0 Å². The largest absolute Gasteiger partial charge is 0.573 e. The van der Waals surface area contributed by atoms with E-state index in [9.17, 15) is 22.4 Å². The molecule has 1 aromatic heterocycles. The Morgan fingerprint density at radius 1 is 1.50 bits per heavy atom. The van der Waals surface area contributed by atoms with Gasteiger partial charge in [0.25, 0.3) is 5.88 Å². The lowest BCUT2D eigenvalue weighted by Crippen LogP contribution is -2.20. The van der Waals surface area contributed by atoms with Crippen molar-refractivity contribution < 1.29 is 36.9 Å². The number of carbonyl (C=O) groups is 1. The molecule has 0 fully saturated rings. The zero-order valence-corrected chi connectivity index (χ0v) is 8.92. The average Bonchev–Trinajstić information content (AvgIpc) is 2.26. The van der Waals surface area contributed by atoms with E-state index in [1.54, 1.807) is 0 Å². The number of aromatic nitrogens is 1. The van der Waals surface area contributed by atoms with Gasteiger partial charge in [0, 0.05) is 0 Å². The zero-order valence-electron chi connectivity index (χ0n) is 8.92. The number of halogens is 4. The molecule has 18 heavy (non-hydrogen) atoms. The molecule has 0 unspecified atom stereocenters. The first-order valence-corrected chi connectivity index (χ1v) is 4.41. The summed E-state index contributed by atoms with van der Waals surface area (Å²) in [6.07, 6.45) is -5.11. The molecule has 1 aromatic rings. The third kappa shape index (κ3) is 3.22. The van der Waals surface area contributed by atoms with Crippen molar-refractivity contribution in [3.05, 3.63) is 17.3 Å². The van der Waals surface area contributed by atoms with Gasteiger partial charge in [0.2, 0.25) is 5.75 Å². The molecule has 0 spiro atoms. The molecule has 5 nitrogen and oxygen atoms in total. The summed E-state index contributed by atoms with van der Waals surface area (Å²) < 4.78 is 56.7. The van der Waals surface area contributed by atoms with E-state index in [1.165, 1.54) is 0 Å². The topological polar surface area (TPSA) is 68.7 Å². The standard InChI is InChI=1S/C9H7F4NO4/c1-17-7-6(18-9(11,12)13)5(8(15)16)2-4(3-10)14-7/h2H,3H2,1H3,(H,15,16). The fraction of sp³-hybridized carbons (Fsp3) is 0.333. The molecule has 9 heteroatoms. The summed E-state index contributed by atoms with van der Waals surface area (Å²) in [4.78, 5) is 14.1. The van der Waals surface area contributed by atoms with Gasteiger partial charge in [0.15, 0.2) is 0 Å². The summed E-state index contributed by atoms with van der Waals surface area (Å²) in [6, 6.07) is 0.645. The number of ether oxygens (including phenoxy) is 2. The minimum atomic E-state index is -5.11. The van der Waals surface area contributed by atoms with Crippen molar-refractivity contribution in [3.63, 3.8) is 0 Å². The van der Waals surface area contributed by atoms with Gasteiger partial charge in [-0.3, -0.25) is 0 Å². The molecule has 0 aliphatic heterocycles. The fourth-order valence-corrected chi connectivity index (χ4v) is 1.14. The van der Waals surface area contributed by atoms with E-state index in [0.29, 0.717) is 6.07 Å². The highest BCUT2D eigenvalue weighted by Gasteiger charge is 2.35. The van der Waals surface area contributed by atoms with Gasteiger partial charge < -0.3 is 14.6 Å². The first kappa shape index (κ1) is 14.0. The minimum Gasteiger partial charge on any atom is -0.478 e. The second-order valence-corrected chi connectivity index (χ2v) is 2.99. The number of pyridine rings is 1. The first-order chi connectivity index (χ1) is 8.28. The Labute approximate surface area is 98.0 Å². The molecule has 0 saturated heterocycles. The second kappa shape index (κ2) is 5.07. The fourth-order valence-electron chi connectivity index (χ4n) is 1.14. The van der Waals surface area contributed by atoms with E-state index in [4.69, 9.17) is 5.11 Å². The van der Waals surface area contributed by atoms with Crippen LogP contribution in [-0.2, 0) is 6.67 Å². The van der Waals surface area contributed by atoms with Gasteiger partial charge in [0.1, 0.15) is 12.2 Å². The summed E-state index contributed by atoms with van der Waals surface area (Å²) in [5, 5.41) is 8.75. The van der Waals surface area contributed by atoms with Crippen LogP contribution in [0.2, 0.25) is 0 Å². The average molecular weight is 269 g/mol. The summed E-state index contributed by atoms with van der Waals surface area (Å²) >= 11 is 0. The van der Waals surface area contributed by atoms with Crippen LogP contribution in [0.3, 0.4) is 0 Å². The molecule has 1 rings (SSSR count). The van der Waals surface area contributed by atoms with E-state index in [1.807, 2.05) is 0 Å². The van der Waals surface area contributed by atoms with Gasteiger partial charge in [-0.25, -0.2) is 14.2 Å². The maximum absolute atomic E-state index is 12.4. The Hall–Kier alpha value is -2.06. The smallest absolute Gasteiger partial charge is 0.478 e. The molecule has 1 N–H and O–H groups in total. The van der Waals surface area contributed by atoms with E-state index in [2.05, 4.69) is 14.5 Å².